The van der Waals surface area contributed by atoms with Crippen LogP contribution in [-0.4, -0.2) is 53.3 Å². The summed E-state index contributed by atoms with van der Waals surface area (Å²) in [6, 6.07) is 12.3. The first kappa shape index (κ1) is 23.8. The Hall–Kier alpha value is -2.33. The zero-order valence-corrected chi connectivity index (χ0v) is 19.2. The van der Waals surface area contributed by atoms with Gasteiger partial charge < -0.3 is 14.8 Å². The summed E-state index contributed by atoms with van der Waals surface area (Å²) in [4.78, 5) is 12.9. The second-order valence-electron chi connectivity index (χ2n) is 8.60. The predicted octanol–water partition coefficient (Wildman–Crippen LogP) is 2.76. The molecule has 4 rings (SSSR count). The summed E-state index contributed by atoms with van der Waals surface area (Å²) in [6.45, 7) is 2.30. The second kappa shape index (κ2) is 10.3. The number of ether oxygens (including phenoxy) is 2. The molecule has 9 heteroatoms. The van der Waals surface area contributed by atoms with Gasteiger partial charge in [0.2, 0.25) is 10.0 Å². The maximum absolute atomic E-state index is 13.9. The largest absolute Gasteiger partial charge is 0.381 e. The van der Waals surface area contributed by atoms with Crippen molar-refractivity contribution in [3.63, 3.8) is 0 Å². The SMILES string of the molecule is O=C(NCC1(c2cccc(F)c2)CCOCC1)c1ccc(S(=O)(=O)NCC2CCCO2)cc1. The molecule has 0 aromatic heterocycles. The van der Waals surface area contributed by atoms with Gasteiger partial charge in [-0.2, -0.15) is 0 Å². The van der Waals surface area contributed by atoms with Crippen LogP contribution in [0, 0.1) is 5.82 Å². The zero-order chi connectivity index (χ0) is 23.3. The average molecular weight is 477 g/mol. The van der Waals surface area contributed by atoms with Gasteiger partial charge in [0.25, 0.3) is 5.91 Å². The number of halogens is 1. The van der Waals surface area contributed by atoms with E-state index in [1.165, 1.54) is 36.4 Å². The molecule has 2 aliphatic heterocycles. The van der Waals surface area contributed by atoms with Crippen LogP contribution in [0.15, 0.2) is 53.4 Å². The van der Waals surface area contributed by atoms with Crippen LogP contribution in [-0.2, 0) is 24.9 Å². The Morgan fingerprint density at radius 3 is 2.52 bits per heavy atom. The Balaban J connectivity index is 1.40. The van der Waals surface area contributed by atoms with Crippen molar-refractivity contribution < 1.29 is 27.1 Å². The molecule has 2 aromatic carbocycles. The molecule has 178 valence electrons. The van der Waals surface area contributed by atoms with E-state index in [9.17, 15) is 17.6 Å². The molecule has 2 fully saturated rings. The molecule has 0 spiro atoms. The Kier molecular flexibility index (Phi) is 7.43. The van der Waals surface area contributed by atoms with E-state index in [4.69, 9.17) is 9.47 Å². The molecule has 1 amide bonds. The van der Waals surface area contributed by atoms with Crippen LogP contribution in [0.4, 0.5) is 4.39 Å². The zero-order valence-electron chi connectivity index (χ0n) is 18.4. The van der Waals surface area contributed by atoms with Gasteiger partial charge in [0.1, 0.15) is 5.82 Å². The van der Waals surface area contributed by atoms with Gasteiger partial charge in [-0.1, -0.05) is 12.1 Å². The third kappa shape index (κ3) is 5.78. The van der Waals surface area contributed by atoms with Crippen LogP contribution < -0.4 is 10.0 Å². The summed E-state index contributed by atoms with van der Waals surface area (Å²) < 4.78 is 52.4. The van der Waals surface area contributed by atoms with Crippen LogP contribution in [0.2, 0.25) is 0 Å². The quantitative estimate of drug-likeness (QED) is 0.611. The van der Waals surface area contributed by atoms with E-state index in [-0.39, 0.29) is 29.3 Å². The summed E-state index contributed by atoms with van der Waals surface area (Å²) in [5.41, 5.74) is 0.783. The van der Waals surface area contributed by atoms with E-state index in [1.807, 2.05) is 6.07 Å². The first-order valence-electron chi connectivity index (χ1n) is 11.2. The van der Waals surface area contributed by atoms with E-state index < -0.39 is 15.4 Å². The Labute approximate surface area is 193 Å². The number of benzene rings is 2. The summed E-state index contributed by atoms with van der Waals surface area (Å²) in [5, 5.41) is 2.95. The molecule has 0 radical (unpaired) electrons. The lowest BCUT2D eigenvalue weighted by Gasteiger charge is -2.38. The fourth-order valence-corrected chi connectivity index (χ4v) is 5.44. The average Bonchev–Trinajstić information content (AvgIpc) is 3.36. The highest BCUT2D eigenvalue weighted by atomic mass is 32.2. The van der Waals surface area contributed by atoms with Crippen LogP contribution in [0.1, 0.15) is 41.6 Å². The van der Waals surface area contributed by atoms with Gasteiger partial charge in [-0.25, -0.2) is 17.5 Å². The minimum atomic E-state index is -3.68. The Morgan fingerprint density at radius 1 is 1.09 bits per heavy atom. The highest BCUT2D eigenvalue weighted by molar-refractivity contribution is 7.89. The third-order valence-corrected chi connectivity index (χ3v) is 7.87. The number of nitrogens with one attached hydrogen (secondary N) is 2. The summed E-state index contributed by atoms with van der Waals surface area (Å²) >= 11 is 0. The van der Waals surface area contributed by atoms with Crippen molar-refractivity contribution in [1.82, 2.24) is 10.0 Å². The monoisotopic (exact) mass is 476 g/mol. The molecule has 2 N–H and O–H groups in total. The van der Waals surface area contributed by atoms with Crippen molar-refractivity contribution in [2.45, 2.75) is 42.1 Å². The molecule has 0 aliphatic carbocycles. The van der Waals surface area contributed by atoms with Crippen LogP contribution in [0.3, 0.4) is 0 Å². The van der Waals surface area contributed by atoms with Crippen LogP contribution >= 0.6 is 0 Å². The van der Waals surface area contributed by atoms with Gasteiger partial charge >= 0.3 is 0 Å². The molecular formula is C24H29FN2O5S. The maximum atomic E-state index is 13.9. The smallest absolute Gasteiger partial charge is 0.251 e. The number of hydrogen-bond donors (Lipinski definition) is 2. The molecule has 1 atom stereocenters. The van der Waals surface area contributed by atoms with Crippen molar-refractivity contribution in [2.24, 2.45) is 0 Å². The van der Waals surface area contributed by atoms with Gasteiger partial charge in [-0.3, -0.25) is 4.79 Å². The molecular weight excluding hydrogens is 447 g/mol. The van der Waals surface area contributed by atoms with Gasteiger partial charge in [-0.15, -0.1) is 0 Å². The Bertz CT molecular complexity index is 1060. The first-order chi connectivity index (χ1) is 15.9. The number of amides is 1. The van der Waals surface area contributed by atoms with E-state index >= 15 is 0 Å². The molecule has 2 aliphatic rings. The van der Waals surface area contributed by atoms with Gasteiger partial charge in [0.15, 0.2) is 0 Å². The number of carbonyl (C=O) groups excluding carboxylic acids is 1. The summed E-state index contributed by atoms with van der Waals surface area (Å²) in [6.07, 6.45) is 3.02. The van der Waals surface area contributed by atoms with E-state index in [2.05, 4.69) is 10.0 Å². The molecule has 0 bridgehead atoms. The second-order valence-corrected chi connectivity index (χ2v) is 10.4. The number of hydrogen-bond acceptors (Lipinski definition) is 5. The molecule has 33 heavy (non-hydrogen) atoms. The molecule has 7 nitrogen and oxygen atoms in total. The van der Waals surface area contributed by atoms with Crippen molar-refractivity contribution in [2.75, 3.05) is 32.9 Å². The Morgan fingerprint density at radius 2 is 1.85 bits per heavy atom. The minimum absolute atomic E-state index is 0.0951. The minimum Gasteiger partial charge on any atom is -0.381 e. The topological polar surface area (TPSA) is 93.7 Å². The highest BCUT2D eigenvalue weighted by Gasteiger charge is 2.35. The van der Waals surface area contributed by atoms with Crippen molar-refractivity contribution in [3.8, 4) is 0 Å². The normalized spacial score (nSPS) is 20.5. The lowest BCUT2D eigenvalue weighted by atomic mass is 9.74. The van der Waals surface area contributed by atoms with E-state index in [1.54, 1.807) is 6.07 Å². The van der Waals surface area contributed by atoms with Crippen molar-refractivity contribution in [3.05, 3.63) is 65.5 Å². The highest BCUT2D eigenvalue weighted by Crippen LogP contribution is 2.34. The molecule has 2 saturated heterocycles. The molecule has 0 saturated carbocycles. The maximum Gasteiger partial charge on any atom is 0.251 e. The van der Waals surface area contributed by atoms with Crippen LogP contribution in [0.5, 0.6) is 0 Å². The van der Waals surface area contributed by atoms with Gasteiger partial charge in [-0.05, 0) is 67.6 Å². The number of carbonyl (C=O) groups is 1. The summed E-state index contributed by atoms with van der Waals surface area (Å²) in [7, 11) is -3.68. The lowest BCUT2D eigenvalue weighted by Crippen LogP contribution is -2.44. The number of sulfonamides is 1. The molecule has 2 aromatic rings. The van der Waals surface area contributed by atoms with E-state index in [0.717, 1.165) is 18.4 Å². The standard InChI is InChI=1S/C24H29FN2O5S/c25-20-4-1-3-19(15-20)24(10-13-31-14-11-24)17-26-23(28)18-6-8-22(9-7-18)33(29,30)27-16-21-5-2-12-32-21/h1,3-4,6-9,15,21,27H,2,5,10-14,16-17H2,(H,26,28). The molecule has 1 unspecified atom stereocenters. The molecule has 2 heterocycles. The van der Waals surface area contributed by atoms with Crippen molar-refractivity contribution >= 4 is 15.9 Å². The third-order valence-electron chi connectivity index (χ3n) is 6.43. The van der Waals surface area contributed by atoms with Gasteiger partial charge in [0, 0.05) is 43.9 Å². The summed E-state index contributed by atoms with van der Waals surface area (Å²) in [5.74, 6) is -0.622. The fraction of sp³-hybridized carbons (Fsp3) is 0.458. The lowest BCUT2D eigenvalue weighted by molar-refractivity contribution is 0.0486. The van der Waals surface area contributed by atoms with Gasteiger partial charge in [0.05, 0.1) is 11.0 Å². The number of rotatable bonds is 8. The van der Waals surface area contributed by atoms with Crippen molar-refractivity contribution in [1.29, 1.82) is 0 Å². The van der Waals surface area contributed by atoms with E-state index in [0.29, 0.717) is 44.8 Å². The fourth-order valence-electron chi connectivity index (χ4n) is 4.38. The predicted molar refractivity (Wildman–Crippen MR) is 121 cm³/mol. The van der Waals surface area contributed by atoms with Crippen LogP contribution in [0.25, 0.3) is 0 Å². The first-order valence-corrected chi connectivity index (χ1v) is 12.7.